The largest absolute Gasteiger partial charge is 0.453 e. The quantitative estimate of drug-likeness (QED) is 0.795. The van der Waals surface area contributed by atoms with Crippen molar-refractivity contribution in [1.29, 1.82) is 0 Å². The van der Waals surface area contributed by atoms with Crippen molar-refractivity contribution in [2.75, 3.05) is 19.0 Å². The van der Waals surface area contributed by atoms with Crippen molar-refractivity contribution in [1.82, 2.24) is 5.32 Å². The summed E-state index contributed by atoms with van der Waals surface area (Å²) in [5.74, 6) is 0. The van der Waals surface area contributed by atoms with Gasteiger partial charge < -0.3 is 10.1 Å². The maximum absolute atomic E-state index is 11.0. The molecule has 82 valence electrons. The standard InChI is InChI=1S/C11H16N2O2/c1-3-12-8-9-5-4-6-10(7-9)13-11(14)15-2/h4-7,12H,3,8H2,1-2H3,(H,13,14). The molecule has 1 aromatic rings. The van der Waals surface area contributed by atoms with Crippen LogP contribution < -0.4 is 10.6 Å². The highest BCUT2D eigenvalue weighted by Crippen LogP contribution is 2.10. The number of amides is 1. The fourth-order valence-electron chi connectivity index (χ4n) is 1.20. The van der Waals surface area contributed by atoms with E-state index in [1.807, 2.05) is 24.3 Å². The predicted octanol–water partition coefficient (Wildman–Crippen LogP) is 1.97. The third-order valence-corrected chi connectivity index (χ3v) is 1.94. The Bertz CT molecular complexity index is 326. The summed E-state index contributed by atoms with van der Waals surface area (Å²) in [7, 11) is 1.35. The van der Waals surface area contributed by atoms with Gasteiger partial charge in [-0.2, -0.15) is 0 Å². The Morgan fingerprint density at radius 1 is 1.47 bits per heavy atom. The Kier molecular flexibility index (Phi) is 4.63. The van der Waals surface area contributed by atoms with Gasteiger partial charge in [-0.3, -0.25) is 5.32 Å². The first kappa shape index (κ1) is 11.5. The second-order valence-electron chi connectivity index (χ2n) is 3.10. The molecule has 15 heavy (non-hydrogen) atoms. The third kappa shape index (κ3) is 3.99. The van der Waals surface area contributed by atoms with E-state index >= 15 is 0 Å². The summed E-state index contributed by atoms with van der Waals surface area (Å²) < 4.78 is 4.51. The second-order valence-corrected chi connectivity index (χ2v) is 3.10. The van der Waals surface area contributed by atoms with Crippen molar-refractivity contribution in [2.24, 2.45) is 0 Å². The highest BCUT2D eigenvalue weighted by atomic mass is 16.5. The van der Waals surface area contributed by atoms with Crippen LogP contribution >= 0.6 is 0 Å². The molecular weight excluding hydrogens is 192 g/mol. The lowest BCUT2D eigenvalue weighted by atomic mass is 10.2. The molecular formula is C11H16N2O2. The van der Waals surface area contributed by atoms with Crippen LogP contribution in [0.5, 0.6) is 0 Å². The van der Waals surface area contributed by atoms with Gasteiger partial charge in [0, 0.05) is 12.2 Å². The molecule has 0 aliphatic rings. The molecule has 4 heteroatoms. The number of hydrogen-bond donors (Lipinski definition) is 2. The fourth-order valence-corrected chi connectivity index (χ4v) is 1.20. The van der Waals surface area contributed by atoms with Crippen molar-refractivity contribution >= 4 is 11.8 Å². The van der Waals surface area contributed by atoms with Crippen LogP contribution in [0.2, 0.25) is 0 Å². The maximum Gasteiger partial charge on any atom is 0.411 e. The van der Waals surface area contributed by atoms with Gasteiger partial charge in [0.05, 0.1) is 7.11 Å². The van der Waals surface area contributed by atoms with Crippen molar-refractivity contribution in [3.8, 4) is 0 Å². The van der Waals surface area contributed by atoms with E-state index in [0.717, 1.165) is 24.3 Å². The molecule has 0 aromatic heterocycles. The first-order valence-corrected chi connectivity index (χ1v) is 4.91. The lowest BCUT2D eigenvalue weighted by molar-refractivity contribution is 0.187. The molecule has 1 rings (SSSR count). The topological polar surface area (TPSA) is 50.4 Å². The minimum absolute atomic E-state index is 0.449. The van der Waals surface area contributed by atoms with E-state index in [-0.39, 0.29) is 0 Å². The highest BCUT2D eigenvalue weighted by Gasteiger charge is 2.00. The van der Waals surface area contributed by atoms with Crippen molar-refractivity contribution in [3.63, 3.8) is 0 Å². The minimum Gasteiger partial charge on any atom is -0.453 e. The van der Waals surface area contributed by atoms with Crippen LogP contribution in [0.3, 0.4) is 0 Å². The van der Waals surface area contributed by atoms with Crippen LogP contribution in [0.1, 0.15) is 12.5 Å². The van der Waals surface area contributed by atoms with E-state index in [0.29, 0.717) is 0 Å². The van der Waals surface area contributed by atoms with Gasteiger partial charge >= 0.3 is 6.09 Å². The number of nitrogens with one attached hydrogen (secondary N) is 2. The zero-order valence-corrected chi connectivity index (χ0v) is 9.04. The monoisotopic (exact) mass is 208 g/mol. The molecule has 0 saturated carbocycles. The van der Waals surface area contributed by atoms with E-state index in [1.165, 1.54) is 7.11 Å². The zero-order valence-electron chi connectivity index (χ0n) is 9.04. The highest BCUT2D eigenvalue weighted by molar-refractivity contribution is 5.84. The number of carbonyl (C=O) groups excluding carboxylic acids is 1. The average Bonchev–Trinajstić information content (AvgIpc) is 2.26. The molecule has 0 radical (unpaired) electrons. The Hall–Kier alpha value is -1.55. The van der Waals surface area contributed by atoms with E-state index < -0.39 is 6.09 Å². The van der Waals surface area contributed by atoms with Crippen LogP contribution in [0.25, 0.3) is 0 Å². The van der Waals surface area contributed by atoms with E-state index in [4.69, 9.17) is 0 Å². The average molecular weight is 208 g/mol. The normalized spacial score (nSPS) is 9.73. The van der Waals surface area contributed by atoms with E-state index in [2.05, 4.69) is 22.3 Å². The summed E-state index contributed by atoms with van der Waals surface area (Å²) >= 11 is 0. The Balaban J connectivity index is 2.61. The molecule has 0 saturated heterocycles. The van der Waals surface area contributed by atoms with Crippen molar-refractivity contribution in [3.05, 3.63) is 29.8 Å². The van der Waals surface area contributed by atoms with Crippen LogP contribution in [-0.2, 0) is 11.3 Å². The first-order valence-electron chi connectivity index (χ1n) is 4.91. The molecule has 1 amide bonds. The summed E-state index contributed by atoms with van der Waals surface area (Å²) in [5.41, 5.74) is 1.88. The van der Waals surface area contributed by atoms with E-state index in [9.17, 15) is 4.79 Å². The smallest absolute Gasteiger partial charge is 0.411 e. The van der Waals surface area contributed by atoms with Gasteiger partial charge in [-0.05, 0) is 24.2 Å². The molecule has 4 nitrogen and oxygen atoms in total. The predicted molar refractivity (Wildman–Crippen MR) is 59.9 cm³/mol. The molecule has 0 heterocycles. The molecule has 0 spiro atoms. The van der Waals surface area contributed by atoms with Crippen LogP contribution in [-0.4, -0.2) is 19.7 Å². The van der Waals surface area contributed by atoms with Gasteiger partial charge in [0.2, 0.25) is 0 Å². The number of methoxy groups -OCH3 is 1. The number of carbonyl (C=O) groups is 1. The van der Waals surface area contributed by atoms with Gasteiger partial charge in [-0.1, -0.05) is 19.1 Å². The SMILES string of the molecule is CCNCc1cccc(NC(=O)OC)c1. The summed E-state index contributed by atoms with van der Waals surface area (Å²) in [6, 6.07) is 7.65. The summed E-state index contributed by atoms with van der Waals surface area (Å²) in [4.78, 5) is 11.0. The Morgan fingerprint density at radius 2 is 2.27 bits per heavy atom. The number of anilines is 1. The summed E-state index contributed by atoms with van der Waals surface area (Å²) in [5, 5.41) is 5.83. The molecule has 0 aliphatic carbocycles. The van der Waals surface area contributed by atoms with Gasteiger partial charge in [0.25, 0.3) is 0 Å². The summed E-state index contributed by atoms with van der Waals surface area (Å²) in [6.07, 6.45) is -0.449. The van der Waals surface area contributed by atoms with Crippen LogP contribution in [0.15, 0.2) is 24.3 Å². The van der Waals surface area contributed by atoms with Gasteiger partial charge in [0.1, 0.15) is 0 Å². The summed E-state index contributed by atoms with van der Waals surface area (Å²) in [6.45, 7) is 3.78. The maximum atomic E-state index is 11.0. The van der Waals surface area contributed by atoms with Crippen LogP contribution in [0.4, 0.5) is 10.5 Å². The molecule has 0 atom stereocenters. The van der Waals surface area contributed by atoms with Crippen LogP contribution in [0, 0.1) is 0 Å². The van der Waals surface area contributed by atoms with Crippen molar-refractivity contribution < 1.29 is 9.53 Å². The first-order chi connectivity index (χ1) is 7.26. The molecule has 2 N–H and O–H groups in total. The van der Waals surface area contributed by atoms with Gasteiger partial charge in [-0.25, -0.2) is 4.79 Å². The number of benzene rings is 1. The van der Waals surface area contributed by atoms with Crippen molar-refractivity contribution in [2.45, 2.75) is 13.5 Å². The Labute approximate surface area is 89.6 Å². The molecule has 0 unspecified atom stereocenters. The number of hydrogen-bond acceptors (Lipinski definition) is 3. The minimum atomic E-state index is -0.449. The molecule has 1 aromatic carbocycles. The molecule has 0 fully saturated rings. The zero-order chi connectivity index (χ0) is 11.1. The number of ether oxygens (including phenoxy) is 1. The lowest BCUT2D eigenvalue weighted by Gasteiger charge is -2.06. The second kappa shape index (κ2) is 6.03. The van der Waals surface area contributed by atoms with Gasteiger partial charge in [0.15, 0.2) is 0 Å². The molecule has 0 bridgehead atoms. The number of rotatable bonds is 4. The van der Waals surface area contributed by atoms with Gasteiger partial charge in [-0.15, -0.1) is 0 Å². The third-order valence-electron chi connectivity index (χ3n) is 1.94. The lowest BCUT2D eigenvalue weighted by Crippen LogP contribution is -2.13. The Morgan fingerprint density at radius 3 is 2.93 bits per heavy atom. The fraction of sp³-hybridized carbons (Fsp3) is 0.364. The molecule has 0 aliphatic heterocycles. The van der Waals surface area contributed by atoms with E-state index in [1.54, 1.807) is 0 Å².